The number of rotatable bonds is 3. The first-order chi connectivity index (χ1) is 8.01. The second-order valence-electron chi connectivity index (χ2n) is 3.20. The van der Waals surface area contributed by atoms with E-state index in [-0.39, 0.29) is 23.4 Å². The second kappa shape index (κ2) is 5.34. The number of nitriles is 1. The van der Waals surface area contributed by atoms with Crippen molar-refractivity contribution in [3.63, 3.8) is 0 Å². The van der Waals surface area contributed by atoms with Gasteiger partial charge in [-0.1, -0.05) is 0 Å². The molecule has 90 valence electrons. The summed E-state index contributed by atoms with van der Waals surface area (Å²) in [5.41, 5.74) is -0.759. The van der Waals surface area contributed by atoms with Gasteiger partial charge in [0.05, 0.1) is 18.2 Å². The monoisotopic (exact) mass is 240 g/mol. The predicted octanol–water partition coefficient (Wildman–Crippen LogP) is 2.38. The van der Waals surface area contributed by atoms with E-state index in [0.29, 0.717) is 0 Å². The summed E-state index contributed by atoms with van der Waals surface area (Å²) in [4.78, 5) is 14.9. The SMILES string of the molecule is CCOC(=O)c1cc(C#N)c(C)c(C(F)F)n1. The summed E-state index contributed by atoms with van der Waals surface area (Å²) in [6.45, 7) is 3.06. The number of hydrogen-bond acceptors (Lipinski definition) is 4. The van der Waals surface area contributed by atoms with Crippen LogP contribution in [0.25, 0.3) is 0 Å². The molecule has 1 rings (SSSR count). The Hall–Kier alpha value is -2.03. The van der Waals surface area contributed by atoms with Gasteiger partial charge in [0.25, 0.3) is 6.43 Å². The van der Waals surface area contributed by atoms with Gasteiger partial charge in [0.2, 0.25) is 0 Å². The zero-order chi connectivity index (χ0) is 13.0. The Bertz CT molecular complexity index is 481. The molecule has 4 nitrogen and oxygen atoms in total. The molecule has 0 aliphatic heterocycles. The first-order valence-corrected chi connectivity index (χ1v) is 4.88. The van der Waals surface area contributed by atoms with E-state index in [2.05, 4.69) is 9.72 Å². The fourth-order valence-corrected chi connectivity index (χ4v) is 1.27. The molecule has 0 amide bonds. The van der Waals surface area contributed by atoms with Gasteiger partial charge in [0.15, 0.2) is 0 Å². The molecule has 6 heteroatoms. The molecule has 0 aromatic carbocycles. The van der Waals surface area contributed by atoms with Crippen LogP contribution >= 0.6 is 0 Å². The molecule has 0 saturated heterocycles. The van der Waals surface area contributed by atoms with Gasteiger partial charge in [0.1, 0.15) is 11.4 Å². The highest BCUT2D eigenvalue weighted by molar-refractivity contribution is 5.87. The molecule has 0 aliphatic carbocycles. The van der Waals surface area contributed by atoms with Gasteiger partial charge in [-0.2, -0.15) is 5.26 Å². The molecular formula is C11H10F2N2O2. The number of ether oxygens (including phenoxy) is 1. The van der Waals surface area contributed by atoms with E-state index in [1.54, 1.807) is 13.0 Å². The molecule has 0 N–H and O–H groups in total. The van der Waals surface area contributed by atoms with E-state index in [0.717, 1.165) is 6.07 Å². The van der Waals surface area contributed by atoms with Crippen molar-refractivity contribution in [1.82, 2.24) is 4.98 Å². The summed E-state index contributed by atoms with van der Waals surface area (Å²) in [6, 6.07) is 2.90. The number of esters is 1. The average Bonchev–Trinajstić information content (AvgIpc) is 2.29. The Balaban J connectivity index is 3.31. The second-order valence-corrected chi connectivity index (χ2v) is 3.20. The zero-order valence-electron chi connectivity index (χ0n) is 9.33. The first-order valence-electron chi connectivity index (χ1n) is 4.88. The quantitative estimate of drug-likeness (QED) is 0.761. The van der Waals surface area contributed by atoms with Crippen LogP contribution in [-0.2, 0) is 4.74 Å². The summed E-state index contributed by atoms with van der Waals surface area (Å²) in [6.07, 6.45) is -2.84. The van der Waals surface area contributed by atoms with Crippen molar-refractivity contribution in [1.29, 1.82) is 5.26 Å². The molecule has 1 heterocycles. The number of nitrogens with zero attached hydrogens (tertiary/aromatic N) is 2. The van der Waals surface area contributed by atoms with Crippen LogP contribution in [0.3, 0.4) is 0 Å². The van der Waals surface area contributed by atoms with Gasteiger partial charge in [-0.15, -0.1) is 0 Å². The van der Waals surface area contributed by atoms with E-state index in [1.807, 2.05) is 0 Å². The number of pyridine rings is 1. The number of halogens is 2. The summed E-state index contributed by atoms with van der Waals surface area (Å²) < 4.78 is 29.9. The van der Waals surface area contributed by atoms with Crippen LogP contribution < -0.4 is 0 Å². The number of carbonyl (C=O) groups is 1. The topological polar surface area (TPSA) is 63.0 Å². The lowest BCUT2D eigenvalue weighted by molar-refractivity contribution is 0.0518. The highest BCUT2D eigenvalue weighted by Gasteiger charge is 2.20. The van der Waals surface area contributed by atoms with Crippen LogP contribution in [0.1, 0.15) is 40.7 Å². The minimum absolute atomic E-state index is 0.00152. The van der Waals surface area contributed by atoms with Gasteiger partial charge in [-0.25, -0.2) is 18.6 Å². The maximum Gasteiger partial charge on any atom is 0.356 e. The molecule has 0 unspecified atom stereocenters. The van der Waals surface area contributed by atoms with Gasteiger partial charge in [-0.3, -0.25) is 0 Å². The standard InChI is InChI=1S/C11H10F2N2O2/c1-3-17-11(16)8-4-7(5-14)6(2)9(15-8)10(12)13/h4,10H,3H2,1-2H3. The van der Waals surface area contributed by atoms with Crippen molar-refractivity contribution in [2.45, 2.75) is 20.3 Å². The van der Waals surface area contributed by atoms with Crippen LogP contribution in [0, 0.1) is 18.3 Å². The molecule has 0 saturated carbocycles. The Morgan fingerprint density at radius 1 is 1.65 bits per heavy atom. The molecule has 0 radical (unpaired) electrons. The van der Waals surface area contributed by atoms with Crippen LogP contribution in [0.15, 0.2) is 6.07 Å². The zero-order valence-corrected chi connectivity index (χ0v) is 9.33. The maximum absolute atomic E-state index is 12.6. The predicted molar refractivity (Wildman–Crippen MR) is 54.6 cm³/mol. The fourth-order valence-electron chi connectivity index (χ4n) is 1.27. The van der Waals surface area contributed by atoms with Gasteiger partial charge in [0, 0.05) is 0 Å². The highest BCUT2D eigenvalue weighted by atomic mass is 19.3. The summed E-state index contributed by atoms with van der Waals surface area (Å²) >= 11 is 0. The van der Waals surface area contributed by atoms with Crippen molar-refractivity contribution < 1.29 is 18.3 Å². The fraction of sp³-hybridized carbons (Fsp3) is 0.364. The van der Waals surface area contributed by atoms with Crippen molar-refractivity contribution in [2.75, 3.05) is 6.61 Å². The Labute approximate surface area is 96.8 Å². The van der Waals surface area contributed by atoms with E-state index in [4.69, 9.17) is 5.26 Å². The molecule has 1 aromatic heterocycles. The number of alkyl halides is 2. The highest BCUT2D eigenvalue weighted by Crippen LogP contribution is 2.23. The maximum atomic E-state index is 12.6. The van der Waals surface area contributed by atoms with E-state index in [1.165, 1.54) is 6.92 Å². The molecular weight excluding hydrogens is 230 g/mol. The lowest BCUT2D eigenvalue weighted by Gasteiger charge is -2.08. The van der Waals surface area contributed by atoms with Gasteiger partial charge < -0.3 is 4.74 Å². The molecule has 0 aliphatic rings. The smallest absolute Gasteiger partial charge is 0.356 e. The lowest BCUT2D eigenvalue weighted by atomic mass is 10.1. The average molecular weight is 240 g/mol. The van der Waals surface area contributed by atoms with E-state index < -0.39 is 18.1 Å². The van der Waals surface area contributed by atoms with Crippen molar-refractivity contribution in [3.05, 3.63) is 28.6 Å². The summed E-state index contributed by atoms with van der Waals surface area (Å²) in [7, 11) is 0. The lowest BCUT2D eigenvalue weighted by Crippen LogP contribution is -2.11. The third-order valence-electron chi connectivity index (χ3n) is 2.12. The van der Waals surface area contributed by atoms with Crippen LogP contribution in [0.4, 0.5) is 8.78 Å². The number of hydrogen-bond donors (Lipinski definition) is 0. The molecule has 1 aromatic rings. The van der Waals surface area contributed by atoms with Crippen LogP contribution in [-0.4, -0.2) is 17.6 Å². The minimum atomic E-state index is -2.84. The number of carbonyl (C=O) groups excluding carboxylic acids is 1. The van der Waals surface area contributed by atoms with Crippen molar-refractivity contribution in [2.24, 2.45) is 0 Å². The van der Waals surface area contributed by atoms with Crippen molar-refractivity contribution in [3.8, 4) is 6.07 Å². The normalized spacial score (nSPS) is 10.1. The summed E-state index contributed by atoms with van der Waals surface area (Å²) in [5, 5.41) is 8.79. The van der Waals surface area contributed by atoms with Crippen LogP contribution in [0.5, 0.6) is 0 Å². The Kier molecular flexibility index (Phi) is 4.10. The Morgan fingerprint density at radius 3 is 2.76 bits per heavy atom. The minimum Gasteiger partial charge on any atom is -0.461 e. The Morgan fingerprint density at radius 2 is 2.29 bits per heavy atom. The van der Waals surface area contributed by atoms with Gasteiger partial charge >= 0.3 is 5.97 Å². The first kappa shape index (κ1) is 13.0. The molecule has 0 spiro atoms. The van der Waals surface area contributed by atoms with Crippen molar-refractivity contribution >= 4 is 5.97 Å². The molecule has 0 bridgehead atoms. The largest absolute Gasteiger partial charge is 0.461 e. The van der Waals surface area contributed by atoms with Crippen LogP contribution in [0.2, 0.25) is 0 Å². The number of aromatic nitrogens is 1. The molecule has 0 atom stereocenters. The molecule has 0 fully saturated rings. The van der Waals surface area contributed by atoms with E-state index >= 15 is 0 Å². The molecule has 17 heavy (non-hydrogen) atoms. The van der Waals surface area contributed by atoms with Gasteiger partial charge in [-0.05, 0) is 25.5 Å². The third kappa shape index (κ3) is 2.75. The summed E-state index contributed by atoms with van der Waals surface area (Å²) in [5.74, 6) is -0.814. The van der Waals surface area contributed by atoms with E-state index in [9.17, 15) is 13.6 Å². The third-order valence-corrected chi connectivity index (χ3v) is 2.12.